The lowest BCUT2D eigenvalue weighted by molar-refractivity contribution is -0.127. The second-order valence-electron chi connectivity index (χ2n) is 6.58. The molecule has 0 unspecified atom stereocenters. The summed E-state index contributed by atoms with van der Waals surface area (Å²) in [4.78, 5) is 43.4. The monoisotopic (exact) mass is 415 g/mol. The predicted molar refractivity (Wildman–Crippen MR) is 109 cm³/mol. The minimum Gasteiger partial charge on any atom is -0.467 e. The smallest absolute Gasteiger partial charge is 0.337 e. The molecule has 0 N–H and O–H groups in total. The Kier molecular flexibility index (Phi) is 6.07. The SMILES string of the molecule is COC(=O)c1ccc2c(=O)n(Cc3ccco3)c(S[C@H](C)C(=O)N(C)C)nc2c1. The van der Waals surface area contributed by atoms with E-state index in [2.05, 4.69) is 4.98 Å². The van der Waals surface area contributed by atoms with E-state index in [9.17, 15) is 14.4 Å². The molecule has 0 spiro atoms. The van der Waals surface area contributed by atoms with Crippen molar-refractivity contribution in [3.8, 4) is 0 Å². The highest BCUT2D eigenvalue weighted by Gasteiger charge is 2.21. The maximum atomic E-state index is 13.2. The van der Waals surface area contributed by atoms with Crippen LogP contribution in [0.3, 0.4) is 0 Å². The van der Waals surface area contributed by atoms with Crippen LogP contribution in [0.5, 0.6) is 0 Å². The summed E-state index contributed by atoms with van der Waals surface area (Å²) in [5.41, 5.74) is 0.375. The molecular formula is C20H21N3O5S. The number of hydrogen-bond donors (Lipinski definition) is 0. The van der Waals surface area contributed by atoms with Crippen LogP contribution >= 0.6 is 11.8 Å². The number of furan rings is 1. The summed E-state index contributed by atoms with van der Waals surface area (Å²) in [6, 6.07) is 8.10. The van der Waals surface area contributed by atoms with Crippen LogP contribution in [-0.4, -0.2) is 52.8 Å². The van der Waals surface area contributed by atoms with Crippen LogP contribution in [0.4, 0.5) is 0 Å². The number of nitrogens with zero attached hydrogens (tertiary/aromatic N) is 3. The largest absolute Gasteiger partial charge is 0.467 e. The third-order valence-corrected chi connectivity index (χ3v) is 5.38. The predicted octanol–water partition coefficient (Wildman–Crippen LogP) is 2.39. The number of benzene rings is 1. The standard InChI is InChI=1S/C20H21N3O5S/c1-12(17(24)22(2)3)29-20-21-16-10-13(19(26)27-4)7-8-15(16)18(25)23(20)11-14-6-5-9-28-14/h5-10,12H,11H2,1-4H3/t12-/m1/s1. The number of esters is 1. The molecule has 1 atom stereocenters. The van der Waals surface area contributed by atoms with Crippen molar-refractivity contribution in [2.45, 2.75) is 23.9 Å². The molecule has 0 saturated carbocycles. The second-order valence-corrected chi connectivity index (χ2v) is 7.89. The fourth-order valence-electron chi connectivity index (χ4n) is 2.81. The van der Waals surface area contributed by atoms with E-state index in [1.807, 2.05) is 0 Å². The van der Waals surface area contributed by atoms with Crippen LogP contribution in [0.15, 0.2) is 51.0 Å². The van der Waals surface area contributed by atoms with Gasteiger partial charge in [-0.05, 0) is 37.3 Å². The molecule has 2 aromatic heterocycles. The first-order valence-corrected chi connectivity index (χ1v) is 9.73. The topological polar surface area (TPSA) is 94.6 Å². The number of amides is 1. The van der Waals surface area contributed by atoms with Gasteiger partial charge in [-0.3, -0.25) is 14.2 Å². The number of aromatic nitrogens is 2. The molecule has 8 nitrogen and oxygen atoms in total. The van der Waals surface area contributed by atoms with Gasteiger partial charge in [-0.1, -0.05) is 11.8 Å². The maximum absolute atomic E-state index is 13.2. The van der Waals surface area contributed by atoms with Gasteiger partial charge in [-0.25, -0.2) is 9.78 Å². The minimum absolute atomic E-state index is 0.0998. The fourth-order valence-corrected chi connectivity index (χ4v) is 3.86. The number of rotatable bonds is 6. The highest BCUT2D eigenvalue weighted by Crippen LogP contribution is 2.25. The molecule has 152 valence electrons. The summed E-state index contributed by atoms with van der Waals surface area (Å²) in [7, 11) is 4.63. The van der Waals surface area contributed by atoms with Crippen LogP contribution in [-0.2, 0) is 16.1 Å². The first kappa shape index (κ1) is 20.7. The lowest BCUT2D eigenvalue weighted by Gasteiger charge is -2.18. The molecule has 0 bridgehead atoms. The summed E-state index contributed by atoms with van der Waals surface area (Å²) in [5, 5.41) is 0.268. The van der Waals surface area contributed by atoms with Gasteiger partial charge in [0.2, 0.25) is 5.91 Å². The second kappa shape index (κ2) is 8.52. The van der Waals surface area contributed by atoms with Gasteiger partial charge in [0, 0.05) is 14.1 Å². The van der Waals surface area contributed by atoms with Crippen LogP contribution in [0.1, 0.15) is 23.0 Å². The van der Waals surface area contributed by atoms with Crippen LogP contribution in [0, 0.1) is 0 Å². The molecule has 0 radical (unpaired) electrons. The van der Waals surface area contributed by atoms with Crippen molar-refractivity contribution in [1.29, 1.82) is 0 Å². The third-order valence-electron chi connectivity index (χ3n) is 4.31. The Labute approximate surface area is 171 Å². The van der Waals surface area contributed by atoms with E-state index in [1.165, 1.54) is 46.7 Å². The lowest BCUT2D eigenvalue weighted by Crippen LogP contribution is -2.31. The molecule has 2 heterocycles. The Bertz CT molecular complexity index is 1110. The van der Waals surface area contributed by atoms with Gasteiger partial charge in [0.05, 0.1) is 41.6 Å². The molecule has 29 heavy (non-hydrogen) atoms. The van der Waals surface area contributed by atoms with Gasteiger partial charge in [-0.15, -0.1) is 0 Å². The number of carbonyl (C=O) groups is 2. The van der Waals surface area contributed by atoms with Crippen molar-refractivity contribution >= 4 is 34.5 Å². The van der Waals surface area contributed by atoms with Crippen molar-refractivity contribution in [2.24, 2.45) is 0 Å². The Morgan fingerprint density at radius 3 is 2.69 bits per heavy atom. The normalized spacial score (nSPS) is 12.0. The van der Waals surface area contributed by atoms with Crippen molar-refractivity contribution in [1.82, 2.24) is 14.5 Å². The van der Waals surface area contributed by atoms with Gasteiger partial charge in [0.25, 0.3) is 5.56 Å². The Morgan fingerprint density at radius 2 is 2.07 bits per heavy atom. The lowest BCUT2D eigenvalue weighted by atomic mass is 10.1. The molecule has 0 fully saturated rings. The van der Waals surface area contributed by atoms with E-state index < -0.39 is 11.2 Å². The highest BCUT2D eigenvalue weighted by molar-refractivity contribution is 8.00. The van der Waals surface area contributed by atoms with Crippen molar-refractivity contribution in [3.63, 3.8) is 0 Å². The highest BCUT2D eigenvalue weighted by atomic mass is 32.2. The van der Waals surface area contributed by atoms with Gasteiger partial charge >= 0.3 is 5.97 Å². The molecule has 0 aliphatic rings. The van der Waals surface area contributed by atoms with Gasteiger partial charge < -0.3 is 14.1 Å². The molecule has 0 saturated heterocycles. The zero-order valence-corrected chi connectivity index (χ0v) is 17.4. The molecule has 3 aromatic rings. The van der Waals surface area contributed by atoms with E-state index in [1.54, 1.807) is 39.2 Å². The zero-order chi connectivity index (χ0) is 21.1. The number of carbonyl (C=O) groups excluding carboxylic acids is 2. The van der Waals surface area contributed by atoms with Gasteiger partial charge in [0.15, 0.2) is 5.16 Å². The Morgan fingerprint density at radius 1 is 1.31 bits per heavy atom. The van der Waals surface area contributed by atoms with Crippen molar-refractivity contribution in [3.05, 3.63) is 58.3 Å². The van der Waals surface area contributed by atoms with E-state index in [4.69, 9.17) is 9.15 Å². The number of ether oxygens (including phenoxy) is 1. The van der Waals surface area contributed by atoms with E-state index >= 15 is 0 Å². The van der Waals surface area contributed by atoms with Gasteiger partial charge in [0.1, 0.15) is 5.76 Å². The average molecular weight is 415 g/mol. The summed E-state index contributed by atoms with van der Waals surface area (Å²) in [6.45, 7) is 1.93. The molecule has 9 heteroatoms. The first-order valence-electron chi connectivity index (χ1n) is 8.85. The number of hydrogen-bond acceptors (Lipinski definition) is 7. The number of thioether (sulfide) groups is 1. The van der Waals surface area contributed by atoms with Crippen LogP contribution < -0.4 is 5.56 Å². The molecule has 0 aliphatic heterocycles. The van der Waals surface area contributed by atoms with Crippen LogP contribution in [0.2, 0.25) is 0 Å². The van der Waals surface area contributed by atoms with Gasteiger partial charge in [-0.2, -0.15) is 0 Å². The molecule has 1 aromatic carbocycles. The molecule has 1 amide bonds. The average Bonchev–Trinajstić information content (AvgIpc) is 3.22. The summed E-state index contributed by atoms with van der Waals surface area (Å²) in [5.74, 6) is -0.0242. The Balaban J connectivity index is 2.13. The number of fused-ring (bicyclic) bond motifs is 1. The molecular weight excluding hydrogens is 394 g/mol. The fraction of sp³-hybridized carbons (Fsp3) is 0.300. The van der Waals surface area contributed by atoms with E-state index in [0.29, 0.717) is 27.4 Å². The molecule has 0 aliphatic carbocycles. The maximum Gasteiger partial charge on any atom is 0.337 e. The van der Waals surface area contributed by atoms with Crippen molar-refractivity contribution < 1.29 is 18.7 Å². The minimum atomic E-state index is -0.515. The quantitative estimate of drug-likeness (QED) is 0.347. The van der Waals surface area contributed by atoms with Crippen LogP contribution in [0.25, 0.3) is 10.9 Å². The zero-order valence-electron chi connectivity index (χ0n) is 16.5. The summed E-state index contributed by atoms with van der Waals surface area (Å²) < 4.78 is 11.6. The summed E-state index contributed by atoms with van der Waals surface area (Å²) >= 11 is 1.18. The third kappa shape index (κ3) is 4.34. The first-order chi connectivity index (χ1) is 13.8. The van der Waals surface area contributed by atoms with E-state index in [0.717, 1.165) is 0 Å². The Hall–Kier alpha value is -3.07. The van der Waals surface area contributed by atoms with Crippen molar-refractivity contribution in [2.75, 3.05) is 21.2 Å². The number of methoxy groups -OCH3 is 1. The molecule has 3 rings (SSSR count). The van der Waals surface area contributed by atoms with E-state index in [-0.39, 0.29) is 18.0 Å². The summed E-state index contributed by atoms with van der Waals surface area (Å²) in [6.07, 6.45) is 1.53.